The first-order valence-electron chi connectivity index (χ1n) is 9.94. The van der Waals surface area contributed by atoms with Gasteiger partial charge in [-0.25, -0.2) is 0 Å². The normalized spacial score (nSPS) is 26.4. The van der Waals surface area contributed by atoms with Crippen molar-refractivity contribution in [2.45, 2.75) is 39.2 Å². The third kappa shape index (κ3) is 4.50. The van der Waals surface area contributed by atoms with Crippen molar-refractivity contribution in [1.82, 2.24) is 4.90 Å². The summed E-state index contributed by atoms with van der Waals surface area (Å²) in [5.74, 6) is 2.98. The number of rotatable bonds is 5. The van der Waals surface area contributed by atoms with Gasteiger partial charge in [-0.1, -0.05) is 6.92 Å². The number of quaternary nitrogens is 1. The summed E-state index contributed by atoms with van der Waals surface area (Å²) in [6.07, 6.45) is 4.42. The average Bonchev–Trinajstić information content (AvgIpc) is 2.68. The maximum atomic E-state index is 12.8. The number of ether oxygens (including phenoxy) is 2. The van der Waals surface area contributed by atoms with E-state index in [2.05, 4.69) is 17.9 Å². The standard InChI is InChI=1S/C21H32N2O3/c1-16-5-4-10-23(14-16)21(24)17-8-11-22(12-9-17)15-18-6-7-19(25-2)13-20(18)26-3/h6-7,13,16-17H,4-5,8-12,14-15H2,1-3H3/p+1/t16-/m0/s1. The molecule has 1 atom stereocenters. The van der Waals surface area contributed by atoms with E-state index in [1.54, 1.807) is 14.2 Å². The molecule has 0 unspecified atom stereocenters. The molecule has 5 heteroatoms. The van der Waals surface area contributed by atoms with Crippen LogP contribution in [-0.4, -0.2) is 51.2 Å². The first kappa shape index (κ1) is 19.0. The van der Waals surface area contributed by atoms with Gasteiger partial charge < -0.3 is 19.3 Å². The molecule has 1 aromatic carbocycles. The topological polar surface area (TPSA) is 43.2 Å². The van der Waals surface area contributed by atoms with E-state index in [1.165, 1.54) is 16.9 Å². The van der Waals surface area contributed by atoms with Crippen molar-refractivity contribution in [3.63, 3.8) is 0 Å². The summed E-state index contributed by atoms with van der Waals surface area (Å²) in [7, 11) is 3.38. The molecule has 3 rings (SSSR count). The predicted octanol–water partition coefficient (Wildman–Crippen LogP) is 1.76. The van der Waals surface area contributed by atoms with Crippen molar-refractivity contribution in [2.24, 2.45) is 11.8 Å². The Hall–Kier alpha value is -1.75. The van der Waals surface area contributed by atoms with Crippen LogP contribution in [0, 0.1) is 11.8 Å². The van der Waals surface area contributed by atoms with E-state index in [-0.39, 0.29) is 5.92 Å². The molecule has 1 N–H and O–H groups in total. The summed E-state index contributed by atoms with van der Waals surface area (Å²) in [6.45, 7) is 7.21. The highest BCUT2D eigenvalue weighted by atomic mass is 16.5. The number of hydrogen-bond donors (Lipinski definition) is 1. The molecule has 0 aromatic heterocycles. The average molecular weight is 362 g/mol. The number of carbonyl (C=O) groups excluding carboxylic acids is 1. The van der Waals surface area contributed by atoms with E-state index in [4.69, 9.17) is 9.47 Å². The molecular weight excluding hydrogens is 328 g/mol. The molecule has 0 saturated carbocycles. The largest absolute Gasteiger partial charge is 0.497 e. The summed E-state index contributed by atoms with van der Waals surface area (Å²) >= 11 is 0. The Labute approximate surface area is 157 Å². The Kier molecular flexibility index (Phi) is 6.41. The Balaban J connectivity index is 1.53. The fourth-order valence-corrected chi connectivity index (χ4v) is 4.36. The minimum atomic E-state index is 0.224. The van der Waals surface area contributed by atoms with E-state index in [9.17, 15) is 4.79 Å². The van der Waals surface area contributed by atoms with E-state index >= 15 is 0 Å². The van der Waals surface area contributed by atoms with Crippen LogP contribution in [0.3, 0.4) is 0 Å². The fourth-order valence-electron chi connectivity index (χ4n) is 4.36. The number of piperidine rings is 2. The molecule has 144 valence electrons. The second kappa shape index (κ2) is 8.76. The first-order chi connectivity index (χ1) is 12.6. The lowest BCUT2D eigenvalue weighted by molar-refractivity contribution is -0.919. The number of nitrogens with zero attached hydrogens (tertiary/aromatic N) is 1. The SMILES string of the molecule is COc1ccc(C[NH+]2CCC(C(=O)N3CCC[C@H](C)C3)CC2)c(OC)c1. The number of methoxy groups -OCH3 is 2. The van der Waals surface area contributed by atoms with E-state index in [0.29, 0.717) is 11.8 Å². The van der Waals surface area contributed by atoms with Crippen molar-refractivity contribution in [2.75, 3.05) is 40.4 Å². The summed E-state index contributed by atoms with van der Waals surface area (Å²) < 4.78 is 10.8. The number of carbonyl (C=O) groups is 1. The predicted molar refractivity (Wildman–Crippen MR) is 102 cm³/mol. The van der Waals surface area contributed by atoms with Crippen molar-refractivity contribution in [3.8, 4) is 11.5 Å². The summed E-state index contributed by atoms with van der Waals surface area (Å²) in [5, 5.41) is 0. The number of amides is 1. The van der Waals surface area contributed by atoms with E-state index in [0.717, 1.165) is 63.5 Å². The molecule has 0 aliphatic carbocycles. The first-order valence-corrected chi connectivity index (χ1v) is 9.94. The van der Waals surface area contributed by atoms with Gasteiger partial charge in [-0.3, -0.25) is 4.79 Å². The molecule has 2 aliphatic heterocycles. The molecule has 2 aliphatic rings. The Morgan fingerprint density at radius 2 is 1.96 bits per heavy atom. The highest BCUT2D eigenvalue weighted by molar-refractivity contribution is 5.79. The van der Waals surface area contributed by atoms with Gasteiger partial charge in [0.25, 0.3) is 0 Å². The number of nitrogens with one attached hydrogen (secondary N) is 1. The molecule has 5 nitrogen and oxygen atoms in total. The highest BCUT2D eigenvalue weighted by Crippen LogP contribution is 2.24. The highest BCUT2D eigenvalue weighted by Gasteiger charge is 2.32. The smallest absolute Gasteiger partial charge is 0.226 e. The van der Waals surface area contributed by atoms with Crippen LogP contribution in [0.5, 0.6) is 11.5 Å². The van der Waals surface area contributed by atoms with Crippen LogP contribution in [0.2, 0.25) is 0 Å². The lowest BCUT2D eigenvalue weighted by atomic mass is 9.92. The quantitative estimate of drug-likeness (QED) is 0.869. The summed E-state index contributed by atoms with van der Waals surface area (Å²) in [6, 6.07) is 6.03. The molecule has 0 bridgehead atoms. The molecule has 2 heterocycles. The maximum Gasteiger partial charge on any atom is 0.226 e. The lowest BCUT2D eigenvalue weighted by Crippen LogP contribution is -3.11. The minimum absolute atomic E-state index is 0.224. The van der Waals surface area contributed by atoms with Crippen LogP contribution >= 0.6 is 0 Å². The van der Waals surface area contributed by atoms with Crippen molar-refractivity contribution < 1.29 is 19.2 Å². The van der Waals surface area contributed by atoms with Crippen LogP contribution in [0.15, 0.2) is 18.2 Å². The second-order valence-electron chi connectivity index (χ2n) is 7.91. The lowest BCUT2D eigenvalue weighted by Gasteiger charge is -2.36. The van der Waals surface area contributed by atoms with Gasteiger partial charge in [-0.2, -0.15) is 0 Å². The Morgan fingerprint density at radius 3 is 2.62 bits per heavy atom. The second-order valence-corrected chi connectivity index (χ2v) is 7.91. The van der Waals surface area contributed by atoms with Crippen LogP contribution in [-0.2, 0) is 11.3 Å². The number of benzene rings is 1. The monoisotopic (exact) mass is 361 g/mol. The molecular formula is C21H33N2O3+. The van der Waals surface area contributed by atoms with Gasteiger partial charge in [0.05, 0.1) is 27.3 Å². The van der Waals surface area contributed by atoms with Crippen molar-refractivity contribution in [1.29, 1.82) is 0 Å². The number of hydrogen-bond acceptors (Lipinski definition) is 3. The van der Waals surface area contributed by atoms with Gasteiger partial charge in [-0.15, -0.1) is 0 Å². The fraction of sp³-hybridized carbons (Fsp3) is 0.667. The van der Waals surface area contributed by atoms with Crippen LogP contribution in [0.25, 0.3) is 0 Å². The van der Waals surface area contributed by atoms with Crippen molar-refractivity contribution >= 4 is 5.91 Å². The van der Waals surface area contributed by atoms with Crippen LogP contribution in [0.1, 0.15) is 38.2 Å². The van der Waals surface area contributed by atoms with Gasteiger partial charge in [0.2, 0.25) is 5.91 Å². The molecule has 26 heavy (non-hydrogen) atoms. The van der Waals surface area contributed by atoms with Gasteiger partial charge in [-0.05, 0) is 30.9 Å². The van der Waals surface area contributed by atoms with Gasteiger partial charge >= 0.3 is 0 Å². The van der Waals surface area contributed by atoms with Gasteiger partial charge in [0.1, 0.15) is 18.0 Å². The molecule has 0 radical (unpaired) electrons. The van der Waals surface area contributed by atoms with Crippen molar-refractivity contribution in [3.05, 3.63) is 23.8 Å². The molecule has 2 saturated heterocycles. The Morgan fingerprint density at radius 1 is 1.19 bits per heavy atom. The van der Waals surface area contributed by atoms with E-state index < -0.39 is 0 Å². The zero-order valence-corrected chi connectivity index (χ0v) is 16.4. The zero-order valence-electron chi connectivity index (χ0n) is 16.4. The van der Waals surface area contributed by atoms with Crippen LogP contribution in [0.4, 0.5) is 0 Å². The number of likely N-dealkylation sites (tertiary alicyclic amines) is 2. The zero-order chi connectivity index (χ0) is 18.5. The molecule has 1 aromatic rings. The van der Waals surface area contributed by atoms with Gasteiger partial charge in [0, 0.05) is 43.5 Å². The van der Waals surface area contributed by atoms with Gasteiger partial charge in [0.15, 0.2) is 0 Å². The Bertz CT molecular complexity index is 611. The minimum Gasteiger partial charge on any atom is -0.497 e. The summed E-state index contributed by atoms with van der Waals surface area (Å²) in [5.41, 5.74) is 1.21. The molecule has 2 fully saturated rings. The molecule has 1 amide bonds. The maximum absolute atomic E-state index is 12.8. The third-order valence-corrected chi connectivity index (χ3v) is 5.95. The molecule has 0 spiro atoms. The van der Waals surface area contributed by atoms with E-state index in [1.807, 2.05) is 12.1 Å². The third-order valence-electron chi connectivity index (χ3n) is 5.95. The van der Waals surface area contributed by atoms with Crippen LogP contribution < -0.4 is 14.4 Å². The summed E-state index contributed by atoms with van der Waals surface area (Å²) in [4.78, 5) is 16.5.